The van der Waals surface area contributed by atoms with Crippen LogP contribution in [0.3, 0.4) is 0 Å². The van der Waals surface area contributed by atoms with Crippen LogP contribution in [0.4, 0.5) is 0 Å². The van der Waals surface area contributed by atoms with Gasteiger partial charge in [-0.3, -0.25) is 4.79 Å². The molecule has 62 heavy (non-hydrogen) atoms. The Morgan fingerprint density at radius 3 is 0.806 bits per heavy atom. The van der Waals surface area contributed by atoms with Gasteiger partial charge in [0.15, 0.2) is 0 Å². The molecule has 0 saturated heterocycles. The Bertz CT molecular complexity index is 822. The number of aliphatic hydroxyl groups excluding tert-OH is 1. The molecule has 0 fully saturated rings. The van der Waals surface area contributed by atoms with E-state index in [1.807, 2.05) is 0 Å². The average Bonchev–Trinajstić information content (AvgIpc) is 3.28. The molecule has 370 valence electrons. The van der Waals surface area contributed by atoms with Crippen LogP contribution in [0.5, 0.6) is 0 Å². The third kappa shape index (κ3) is 57.2. The predicted octanol–water partition coefficient (Wildman–Crippen LogP) is 20.8. The van der Waals surface area contributed by atoms with Crippen molar-refractivity contribution in [3.8, 4) is 0 Å². The zero-order valence-electron chi connectivity index (χ0n) is 42.8. The highest BCUT2D eigenvalue weighted by Gasteiger charge is 2.03. The molecule has 0 spiro atoms. The second-order valence-electron chi connectivity index (χ2n) is 20.1. The highest BCUT2D eigenvalue weighted by molar-refractivity contribution is 5.69. The monoisotopic (exact) mass is 873 g/mol. The summed E-state index contributed by atoms with van der Waals surface area (Å²) in [4.78, 5) is 12.1. The lowest BCUT2D eigenvalue weighted by Gasteiger charge is -2.06. The molecule has 0 heterocycles. The molecular formula is C59H116O3. The van der Waals surface area contributed by atoms with Gasteiger partial charge in [0.05, 0.1) is 6.61 Å². The number of rotatable bonds is 56. The number of carbonyl (C=O) groups is 1. The maximum atomic E-state index is 12.1. The Hall–Kier alpha value is -0.830. The van der Waals surface area contributed by atoms with E-state index < -0.39 is 0 Å². The fraction of sp³-hybridized carbons (Fsp3) is 0.949. The zero-order valence-corrected chi connectivity index (χ0v) is 42.8. The van der Waals surface area contributed by atoms with Crippen LogP contribution >= 0.6 is 0 Å². The van der Waals surface area contributed by atoms with Gasteiger partial charge in [-0.25, -0.2) is 0 Å². The molecule has 0 amide bonds. The van der Waals surface area contributed by atoms with E-state index in [0.717, 1.165) is 19.3 Å². The smallest absolute Gasteiger partial charge is 0.305 e. The fourth-order valence-corrected chi connectivity index (χ4v) is 9.35. The molecule has 0 unspecified atom stereocenters. The number of hydrogen-bond acceptors (Lipinski definition) is 3. The van der Waals surface area contributed by atoms with Gasteiger partial charge >= 0.3 is 5.97 Å². The molecule has 0 aromatic heterocycles. The summed E-state index contributed by atoms with van der Waals surface area (Å²) in [7, 11) is 0. The quantitative estimate of drug-likeness (QED) is 0.0376. The van der Waals surface area contributed by atoms with E-state index >= 15 is 0 Å². The molecule has 0 aliphatic rings. The number of ether oxygens (including phenoxy) is 1. The van der Waals surface area contributed by atoms with Gasteiger partial charge in [-0.05, 0) is 44.9 Å². The van der Waals surface area contributed by atoms with E-state index in [1.165, 1.54) is 315 Å². The zero-order chi connectivity index (χ0) is 44.6. The summed E-state index contributed by atoms with van der Waals surface area (Å²) in [6, 6.07) is 0. The second kappa shape index (κ2) is 58.2. The Morgan fingerprint density at radius 1 is 0.306 bits per heavy atom. The van der Waals surface area contributed by atoms with Gasteiger partial charge in [0.1, 0.15) is 0 Å². The molecule has 0 saturated carbocycles. The van der Waals surface area contributed by atoms with Crippen molar-refractivity contribution in [2.75, 3.05) is 13.2 Å². The SMILES string of the molecule is CCCCCCCCC=CCCCCCCCCCC(=O)OCCCCCCCCCCCCCCCCCCCCCCCCCCCCCCCCCCCCCCCO. The van der Waals surface area contributed by atoms with Crippen molar-refractivity contribution in [2.24, 2.45) is 0 Å². The summed E-state index contributed by atoms with van der Waals surface area (Å²) >= 11 is 0. The largest absolute Gasteiger partial charge is 0.466 e. The minimum absolute atomic E-state index is 0.0249. The van der Waals surface area contributed by atoms with Gasteiger partial charge in [-0.15, -0.1) is 0 Å². The minimum Gasteiger partial charge on any atom is -0.466 e. The molecule has 3 heteroatoms. The molecule has 0 aromatic carbocycles. The minimum atomic E-state index is 0.0249. The molecule has 0 aromatic rings. The lowest BCUT2D eigenvalue weighted by Crippen LogP contribution is -2.05. The topological polar surface area (TPSA) is 46.5 Å². The fourth-order valence-electron chi connectivity index (χ4n) is 9.35. The molecule has 1 N–H and O–H groups in total. The van der Waals surface area contributed by atoms with Gasteiger partial charge in [-0.2, -0.15) is 0 Å². The van der Waals surface area contributed by atoms with Gasteiger partial charge < -0.3 is 9.84 Å². The molecule has 3 nitrogen and oxygen atoms in total. The van der Waals surface area contributed by atoms with Crippen LogP contribution in [0.2, 0.25) is 0 Å². The molecule has 0 radical (unpaired) electrons. The second-order valence-corrected chi connectivity index (χ2v) is 20.1. The maximum absolute atomic E-state index is 12.1. The maximum Gasteiger partial charge on any atom is 0.305 e. The van der Waals surface area contributed by atoms with Crippen molar-refractivity contribution in [3.05, 3.63) is 12.2 Å². The van der Waals surface area contributed by atoms with E-state index in [2.05, 4.69) is 19.1 Å². The van der Waals surface area contributed by atoms with Crippen LogP contribution in [0, 0.1) is 0 Å². The number of carbonyl (C=O) groups excluding carboxylic acids is 1. The Labute approximate surface area is 391 Å². The number of allylic oxidation sites excluding steroid dienone is 2. The van der Waals surface area contributed by atoms with Gasteiger partial charge in [-0.1, -0.05) is 308 Å². The number of unbranched alkanes of at least 4 members (excludes halogenated alkanes) is 49. The first-order valence-electron chi connectivity index (χ1n) is 29.2. The lowest BCUT2D eigenvalue weighted by atomic mass is 10.0. The average molecular weight is 874 g/mol. The van der Waals surface area contributed by atoms with Crippen LogP contribution in [0.15, 0.2) is 12.2 Å². The van der Waals surface area contributed by atoms with Crippen molar-refractivity contribution in [1.29, 1.82) is 0 Å². The third-order valence-electron chi connectivity index (χ3n) is 13.7. The molecule has 0 aliphatic heterocycles. The van der Waals surface area contributed by atoms with E-state index in [9.17, 15) is 4.79 Å². The van der Waals surface area contributed by atoms with E-state index in [1.54, 1.807) is 0 Å². The Morgan fingerprint density at radius 2 is 0.532 bits per heavy atom. The van der Waals surface area contributed by atoms with E-state index in [-0.39, 0.29) is 5.97 Å². The summed E-state index contributed by atoms with van der Waals surface area (Å²) in [5.74, 6) is 0.0249. The van der Waals surface area contributed by atoms with E-state index in [0.29, 0.717) is 19.6 Å². The third-order valence-corrected chi connectivity index (χ3v) is 13.7. The van der Waals surface area contributed by atoms with Gasteiger partial charge in [0, 0.05) is 13.0 Å². The van der Waals surface area contributed by atoms with Crippen LogP contribution in [0.25, 0.3) is 0 Å². The van der Waals surface area contributed by atoms with Crippen molar-refractivity contribution < 1.29 is 14.6 Å². The first-order chi connectivity index (χ1) is 30.8. The summed E-state index contributed by atoms with van der Waals surface area (Å²) in [5, 5.41) is 8.83. The van der Waals surface area contributed by atoms with Gasteiger partial charge in [0.25, 0.3) is 0 Å². The normalized spacial score (nSPS) is 11.7. The molecule has 0 bridgehead atoms. The number of aliphatic hydroxyl groups is 1. The first kappa shape index (κ1) is 61.2. The van der Waals surface area contributed by atoms with E-state index in [4.69, 9.17) is 9.84 Å². The lowest BCUT2D eigenvalue weighted by molar-refractivity contribution is -0.143. The van der Waals surface area contributed by atoms with Crippen LogP contribution in [-0.4, -0.2) is 24.3 Å². The number of hydrogen-bond donors (Lipinski definition) is 1. The van der Waals surface area contributed by atoms with Crippen molar-refractivity contribution in [3.63, 3.8) is 0 Å². The predicted molar refractivity (Wildman–Crippen MR) is 278 cm³/mol. The van der Waals surface area contributed by atoms with Crippen molar-refractivity contribution >= 4 is 5.97 Å². The molecular weight excluding hydrogens is 757 g/mol. The highest BCUT2D eigenvalue weighted by atomic mass is 16.5. The first-order valence-corrected chi connectivity index (χ1v) is 29.2. The van der Waals surface area contributed by atoms with Gasteiger partial charge in [0.2, 0.25) is 0 Å². The summed E-state index contributed by atoms with van der Waals surface area (Å²) in [6.07, 6.45) is 77.0. The molecule has 0 atom stereocenters. The summed E-state index contributed by atoms with van der Waals surface area (Å²) in [5.41, 5.74) is 0. The van der Waals surface area contributed by atoms with Crippen LogP contribution in [0.1, 0.15) is 347 Å². The Balaban J connectivity index is 3.14. The standard InChI is InChI=1S/C59H116O3/c1-2-3-4-5-6-7-8-9-10-32-35-38-41-44-47-50-53-56-59(61)62-58-55-52-49-46-43-40-37-34-31-29-27-25-23-21-19-17-15-13-11-12-14-16-18-20-22-24-26-28-30-33-36-39-42-45-48-51-54-57-60/h9-10,60H,2-8,11-58H2,1H3. The number of esters is 1. The van der Waals surface area contributed by atoms with Crippen LogP contribution in [-0.2, 0) is 9.53 Å². The van der Waals surface area contributed by atoms with Crippen molar-refractivity contribution in [1.82, 2.24) is 0 Å². The van der Waals surface area contributed by atoms with Crippen LogP contribution < -0.4 is 0 Å². The van der Waals surface area contributed by atoms with Crippen molar-refractivity contribution in [2.45, 2.75) is 347 Å². The Kier molecular flexibility index (Phi) is 57.4. The summed E-state index contributed by atoms with van der Waals surface area (Å²) in [6.45, 7) is 3.28. The summed E-state index contributed by atoms with van der Waals surface area (Å²) < 4.78 is 5.50. The molecule has 0 rings (SSSR count). The highest BCUT2D eigenvalue weighted by Crippen LogP contribution is 2.18. The molecule has 0 aliphatic carbocycles.